The van der Waals surface area contributed by atoms with Gasteiger partial charge in [0.05, 0.1) is 7.11 Å². The monoisotopic (exact) mass is 272 g/mol. The van der Waals surface area contributed by atoms with Gasteiger partial charge in [0.2, 0.25) is 5.88 Å². The third-order valence-electron chi connectivity index (χ3n) is 3.27. The summed E-state index contributed by atoms with van der Waals surface area (Å²) in [7, 11) is 1.60. The number of methoxy groups -OCH3 is 1. The Morgan fingerprint density at radius 2 is 2.10 bits per heavy atom. The van der Waals surface area contributed by atoms with E-state index < -0.39 is 0 Å². The van der Waals surface area contributed by atoms with E-state index in [0.717, 1.165) is 16.7 Å². The third-order valence-corrected chi connectivity index (χ3v) is 3.27. The van der Waals surface area contributed by atoms with Crippen LogP contribution in [0, 0.1) is 6.92 Å². The number of pyridine rings is 1. The minimum atomic E-state index is 0.0673. The van der Waals surface area contributed by atoms with Crippen LogP contribution in [0.3, 0.4) is 0 Å². The van der Waals surface area contributed by atoms with Crippen LogP contribution in [0.25, 0.3) is 0 Å². The van der Waals surface area contributed by atoms with Crippen molar-refractivity contribution in [3.8, 4) is 11.6 Å². The van der Waals surface area contributed by atoms with Crippen LogP contribution in [0.5, 0.6) is 11.6 Å². The maximum absolute atomic E-state index is 9.96. The van der Waals surface area contributed by atoms with Crippen molar-refractivity contribution in [3.63, 3.8) is 0 Å². The molecule has 0 saturated carbocycles. The lowest BCUT2D eigenvalue weighted by Gasteiger charge is -2.16. The molecule has 4 nitrogen and oxygen atoms in total. The Morgan fingerprint density at radius 1 is 1.30 bits per heavy atom. The summed E-state index contributed by atoms with van der Waals surface area (Å²) >= 11 is 0. The van der Waals surface area contributed by atoms with Crippen molar-refractivity contribution >= 4 is 0 Å². The third kappa shape index (κ3) is 3.48. The van der Waals surface area contributed by atoms with Gasteiger partial charge in [-0.3, -0.25) is 0 Å². The highest BCUT2D eigenvalue weighted by molar-refractivity contribution is 5.37. The Bertz CT molecular complexity index is 567. The largest absolute Gasteiger partial charge is 0.508 e. The smallest absolute Gasteiger partial charge is 0.212 e. The average molecular weight is 272 g/mol. The summed E-state index contributed by atoms with van der Waals surface area (Å²) in [4.78, 5) is 4.17. The first-order valence-corrected chi connectivity index (χ1v) is 6.62. The van der Waals surface area contributed by atoms with Crippen molar-refractivity contribution in [1.29, 1.82) is 0 Å². The molecule has 1 unspecified atom stereocenters. The Kier molecular flexibility index (Phi) is 4.58. The van der Waals surface area contributed by atoms with Crippen LogP contribution in [0.15, 0.2) is 36.5 Å². The van der Waals surface area contributed by atoms with E-state index in [9.17, 15) is 5.11 Å². The number of phenols is 1. The van der Waals surface area contributed by atoms with Crippen molar-refractivity contribution in [3.05, 3.63) is 53.2 Å². The van der Waals surface area contributed by atoms with Gasteiger partial charge in [-0.2, -0.15) is 0 Å². The van der Waals surface area contributed by atoms with Crippen molar-refractivity contribution in [1.82, 2.24) is 10.3 Å². The molecule has 0 fully saturated rings. The molecular formula is C16H20N2O2. The van der Waals surface area contributed by atoms with Crippen LogP contribution >= 0.6 is 0 Å². The second kappa shape index (κ2) is 6.39. The van der Waals surface area contributed by atoms with E-state index in [4.69, 9.17) is 4.74 Å². The first kappa shape index (κ1) is 14.3. The van der Waals surface area contributed by atoms with Crippen LogP contribution in [0.4, 0.5) is 0 Å². The highest BCUT2D eigenvalue weighted by atomic mass is 16.5. The predicted octanol–water partition coefficient (Wildman–Crippen LogP) is 2.96. The number of hydrogen-bond acceptors (Lipinski definition) is 4. The lowest BCUT2D eigenvalue weighted by atomic mass is 10.0. The summed E-state index contributed by atoms with van der Waals surface area (Å²) < 4.78 is 5.03. The van der Waals surface area contributed by atoms with Crippen LogP contribution < -0.4 is 10.1 Å². The lowest BCUT2D eigenvalue weighted by molar-refractivity contribution is 0.397. The van der Waals surface area contributed by atoms with E-state index in [1.807, 2.05) is 38.1 Å². The maximum Gasteiger partial charge on any atom is 0.212 e. The zero-order valence-electron chi connectivity index (χ0n) is 12.1. The Morgan fingerprint density at radius 3 is 2.70 bits per heavy atom. The summed E-state index contributed by atoms with van der Waals surface area (Å²) in [5.74, 6) is 0.941. The lowest BCUT2D eigenvalue weighted by Crippen LogP contribution is -2.18. The number of aromatic hydroxyl groups is 1. The van der Waals surface area contributed by atoms with Crippen molar-refractivity contribution in [2.75, 3.05) is 7.11 Å². The molecule has 0 radical (unpaired) electrons. The van der Waals surface area contributed by atoms with Gasteiger partial charge < -0.3 is 15.2 Å². The molecule has 2 N–H and O–H groups in total. The quantitative estimate of drug-likeness (QED) is 0.878. The molecule has 2 aromatic rings. The SMILES string of the molecule is COc1ccc(CNC(C)c2ccc(C)cc2O)cn1. The first-order chi connectivity index (χ1) is 9.60. The fourth-order valence-electron chi connectivity index (χ4n) is 2.04. The number of rotatable bonds is 5. The molecule has 4 heteroatoms. The number of nitrogens with one attached hydrogen (secondary N) is 1. The van der Waals surface area contributed by atoms with Gasteiger partial charge in [0, 0.05) is 30.4 Å². The summed E-state index contributed by atoms with van der Waals surface area (Å²) in [6.45, 7) is 4.68. The summed E-state index contributed by atoms with van der Waals surface area (Å²) in [5, 5.41) is 13.3. The fourth-order valence-corrected chi connectivity index (χ4v) is 2.04. The standard InChI is InChI=1S/C16H20N2O2/c1-11-4-6-14(15(19)8-11)12(2)17-9-13-5-7-16(20-3)18-10-13/h4-8,10,12,17,19H,9H2,1-3H3. The van der Waals surface area contributed by atoms with E-state index in [-0.39, 0.29) is 6.04 Å². The van der Waals surface area contributed by atoms with Gasteiger partial charge in [-0.1, -0.05) is 18.2 Å². The van der Waals surface area contributed by atoms with E-state index in [1.54, 1.807) is 19.4 Å². The van der Waals surface area contributed by atoms with E-state index in [0.29, 0.717) is 18.2 Å². The second-order valence-electron chi connectivity index (χ2n) is 4.87. The molecule has 2 rings (SSSR count). The number of aromatic nitrogens is 1. The minimum Gasteiger partial charge on any atom is -0.508 e. The minimum absolute atomic E-state index is 0.0673. The van der Waals surface area contributed by atoms with Gasteiger partial charge in [-0.25, -0.2) is 4.98 Å². The molecule has 0 aliphatic heterocycles. The highest BCUT2D eigenvalue weighted by Gasteiger charge is 2.09. The molecule has 20 heavy (non-hydrogen) atoms. The molecule has 0 bridgehead atoms. The normalized spacial score (nSPS) is 12.2. The summed E-state index contributed by atoms with van der Waals surface area (Å²) in [6, 6.07) is 9.61. The highest BCUT2D eigenvalue weighted by Crippen LogP contribution is 2.25. The van der Waals surface area contributed by atoms with E-state index in [2.05, 4.69) is 10.3 Å². The van der Waals surface area contributed by atoms with E-state index >= 15 is 0 Å². The zero-order chi connectivity index (χ0) is 14.5. The molecule has 106 valence electrons. The molecule has 0 aliphatic carbocycles. The van der Waals surface area contributed by atoms with Crippen molar-refractivity contribution < 1.29 is 9.84 Å². The summed E-state index contributed by atoms with van der Waals surface area (Å²) in [6.07, 6.45) is 1.79. The number of nitrogens with zero attached hydrogens (tertiary/aromatic N) is 1. The molecule has 1 aromatic carbocycles. The topological polar surface area (TPSA) is 54.4 Å². The molecule has 1 aromatic heterocycles. The van der Waals surface area contributed by atoms with E-state index in [1.165, 1.54) is 0 Å². The van der Waals surface area contributed by atoms with Gasteiger partial charge >= 0.3 is 0 Å². The van der Waals surface area contributed by atoms with Gasteiger partial charge in [0.25, 0.3) is 0 Å². The maximum atomic E-state index is 9.96. The second-order valence-corrected chi connectivity index (χ2v) is 4.87. The van der Waals surface area contributed by atoms with Crippen molar-refractivity contribution in [2.45, 2.75) is 26.4 Å². The number of benzene rings is 1. The Hall–Kier alpha value is -2.07. The number of ether oxygens (including phenoxy) is 1. The molecule has 0 saturated heterocycles. The molecule has 1 heterocycles. The van der Waals surface area contributed by atoms with Crippen LogP contribution in [0.1, 0.15) is 29.7 Å². The van der Waals surface area contributed by atoms with Gasteiger partial charge in [-0.15, -0.1) is 0 Å². The van der Waals surface area contributed by atoms with Crippen LogP contribution in [-0.2, 0) is 6.54 Å². The van der Waals surface area contributed by atoms with Crippen LogP contribution in [0.2, 0.25) is 0 Å². The fraction of sp³-hybridized carbons (Fsp3) is 0.312. The molecule has 0 amide bonds. The summed E-state index contributed by atoms with van der Waals surface area (Å²) in [5.41, 5.74) is 3.03. The number of hydrogen-bond donors (Lipinski definition) is 2. The van der Waals surface area contributed by atoms with Crippen molar-refractivity contribution in [2.24, 2.45) is 0 Å². The zero-order valence-corrected chi connectivity index (χ0v) is 12.1. The average Bonchev–Trinajstić information content (AvgIpc) is 2.45. The predicted molar refractivity (Wildman–Crippen MR) is 78.9 cm³/mol. The number of phenolic OH excluding ortho intramolecular Hbond substituents is 1. The molecule has 1 atom stereocenters. The Balaban J connectivity index is 1.98. The number of aryl methyl sites for hydroxylation is 1. The van der Waals surface area contributed by atoms with Gasteiger partial charge in [-0.05, 0) is 31.0 Å². The van der Waals surface area contributed by atoms with Gasteiger partial charge in [0.15, 0.2) is 0 Å². The molecule has 0 aliphatic rings. The molecular weight excluding hydrogens is 252 g/mol. The van der Waals surface area contributed by atoms with Gasteiger partial charge in [0.1, 0.15) is 5.75 Å². The first-order valence-electron chi connectivity index (χ1n) is 6.62. The van der Waals surface area contributed by atoms with Crippen LogP contribution in [-0.4, -0.2) is 17.2 Å². The Labute approximate surface area is 119 Å². The molecule has 0 spiro atoms.